The van der Waals surface area contributed by atoms with Crippen LogP contribution in [0.2, 0.25) is 15.1 Å². The number of nitrogens with two attached hydrogens (primary N) is 1. The van der Waals surface area contributed by atoms with Gasteiger partial charge in [0.2, 0.25) is 0 Å². The Labute approximate surface area is 139 Å². The summed E-state index contributed by atoms with van der Waals surface area (Å²) in [5.41, 5.74) is 7.02. The van der Waals surface area contributed by atoms with Crippen LogP contribution in [-0.2, 0) is 6.42 Å². The molecule has 0 saturated carbocycles. The van der Waals surface area contributed by atoms with Gasteiger partial charge in [-0.2, -0.15) is 0 Å². The molecular weight excluding hydrogens is 329 g/mol. The van der Waals surface area contributed by atoms with Crippen molar-refractivity contribution in [1.29, 1.82) is 0 Å². The summed E-state index contributed by atoms with van der Waals surface area (Å²) in [5, 5.41) is 1.61. The van der Waals surface area contributed by atoms with Gasteiger partial charge in [0.1, 0.15) is 11.5 Å². The van der Waals surface area contributed by atoms with Gasteiger partial charge in [-0.15, -0.1) is 0 Å². The van der Waals surface area contributed by atoms with E-state index in [4.69, 9.17) is 45.3 Å². The Morgan fingerprint density at radius 1 is 1.00 bits per heavy atom. The van der Waals surface area contributed by atoms with E-state index < -0.39 is 0 Å². The molecule has 0 aromatic heterocycles. The molecule has 2 nitrogen and oxygen atoms in total. The monoisotopic (exact) mass is 343 g/mol. The molecule has 21 heavy (non-hydrogen) atoms. The van der Waals surface area contributed by atoms with Crippen molar-refractivity contribution in [2.45, 2.75) is 25.8 Å². The van der Waals surface area contributed by atoms with Crippen LogP contribution in [0.15, 0.2) is 36.4 Å². The van der Waals surface area contributed by atoms with Crippen LogP contribution in [-0.4, -0.2) is 6.04 Å². The molecule has 2 aromatic carbocycles. The average molecular weight is 345 g/mol. The molecule has 0 spiro atoms. The van der Waals surface area contributed by atoms with Gasteiger partial charge in [-0.05, 0) is 48.7 Å². The Morgan fingerprint density at radius 2 is 1.67 bits per heavy atom. The zero-order chi connectivity index (χ0) is 15.4. The summed E-state index contributed by atoms with van der Waals surface area (Å²) in [4.78, 5) is 0. The molecule has 0 heterocycles. The molecule has 112 valence electrons. The zero-order valence-electron chi connectivity index (χ0n) is 11.6. The predicted molar refractivity (Wildman–Crippen MR) is 90.0 cm³/mol. The summed E-state index contributed by atoms with van der Waals surface area (Å²) in [6, 6.07) is 10.7. The molecule has 2 aromatic rings. The van der Waals surface area contributed by atoms with Crippen molar-refractivity contribution in [2.24, 2.45) is 5.73 Å². The zero-order valence-corrected chi connectivity index (χ0v) is 13.8. The van der Waals surface area contributed by atoms with Crippen molar-refractivity contribution in [2.75, 3.05) is 0 Å². The highest BCUT2D eigenvalue weighted by atomic mass is 35.5. The normalized spacial score (nSPS) is 12.2. The maximum atomic E-state index is 6.14. The van der Waals surface area contributed by atoms with Crippen LogP contribution in [0, 0.1) is 0 Å². The molecule has 0 radical (unpaired) electrons. The number of rotatable bonds is 5. The quantitative estimate of drug-likeness (QED) is 0.753. The third kappa shape index (κ3) is 4.52. The van der Waals surface area contributed by atoms with E-state index in [2.05, 4.69) is 6.92 Å². The highest BCUT2D eigenvalue weighted by Crippen LogP contribution is 2.34. The number of benzene rings is 2. The van der Waals surface area contributed by atoms with Gasteiger partial charge in [-0.3, -0.25) is 0 Å². The standard InChI is InChI=1S/C16H16Cl3NO/c1-2-13(20)7-10-3-4-12(18)9-16(10)21-15-6-5-11(17)8-14(15)19/h3-6,8-9,13H,2,7,20H2,1H3. The molecule has 2 rings (SSSR count). The van der Waals surface area contributed by atoms with E-state index in [9.17, 15) is 0 Å². The molecular formula is C16H16Cl3NO. The Morgan fingerprint density at radius 3 is 2.33 bits per heavy atom. The van der Waals surface area contributed by atoms with E-state index in [0.29, 0.717) is 33.0 Å². The van der Waals surface area contributed by atoms with E-state index >= 15 is 0 Å². The fourth-order valence-electron chi connectivity index (χ4n) is 1.90. The van der Waals surface area contributed by atoms with Crippen molar-refractivity contribution < 1.29 is 4.74 Å². The van der Waals surface area contributed by atoms with E-state index in [1.807, 2.05) is 12.1 Å². The molecule has 0 aliphatic carbocycles. The van der Waals surface area contributed by atoms with E-state index in [-0.39, 0.29) is 6.04 Å². The lowest BCUT2D eigenvalue weighted by atomic mass is 10.0. The second-order valence-electron chi connectivity index (χ2n) is 4.80. The number of ether oxygens (including phenoxy) is 1. The van der Waals surface area contributed by atoms with E-state index in [1.165, 1.54) is 0 Å². The van der Waals surface area contributed by atoms with Gasteiger partial charge in [0.15, 0.2) is 0 Å². The van der Waals surface area contributed by atoms with Crippen LogP contribution in [0.5, 0.6) is 11.5 Å². The SMILES string of the molecule is CCC(N)Cc1ccc(Cl)cc1Oc1ccc(Cl)cc1Cl. The third-order valence-electron chi connectivity index (χ3n) is 3.15. The van der Waals surface area contributed by atoms with Crippen molar-refractivity contribution >= 4 is 34.8 Å². The minimum Gasteiger partial charge on any atom is -0.455 e. The van der Waals surface area contributed by atoms with Gasteiger partial charge in [0.05, 0.1) is 5.02 Å². The molecule has 1 unspecified atom stereocenters. The van der Waals surface area contributed by atoms with E-state index in [1.54, 1.807) is 24.3 Å². The molecule has 0 fully saturated rings. The first-order valence-electron chi connectivity index (χ1n) is 6.66. The summed E-state index contributed by atoms with van der Waals surface area (Å²) in [7, 11) is 0. The van der Waals surface area contributed by atoms with Crippen LogP contribution >= 0.6 is 34.8 Å². The topological polar surface area (TPSA) is 35.2 Å². The Kier molecular flexibility index (Phi) is 5.77. The van der Waals surface area contributed by atoms with E-state index in [0.717, 1.165) is 12.0 Å². The van der Waals surface area contributed by atoms with Crippen LogP contribution < -0.4 is 10.5 Å². The smallest absolute Gasteiger partial charge is 0.146 e. The van der Waals surface area contributed by atoms with Gasteiger partial charge in [-0.1, -0.05) is 47.8 Å². The molecule has 0 aliphatic rings. The predicted octanol–water partition coefficient (Wildman–Crippen LogP) is 5.72. The maximum Gasteiger partial charge on any atom is 0.146 e. The minimum absolute atomic E-state index is 0.0780. The van der Waals surface area contributed by atoms with Crippen molar-refractivity contribution in [3.63, 3.8) is 0 Å². The first-order chi connectivity index (χ1) is 9.99. The van der Waals surface area contributed by atoms with Crippen LogP contribution in [0.4, 0.5) is 0 Å². The molecule has 2 N–H and O–H groups in total. The third-order valence-corrected chi connectivity index (χ3v) is 3.92. The second kappa shape index (κ2) is 7.37. The lowest BCUT2D eigenvalue weighted by Crippen LogP contribution is -2.21. The fourth-order valence-corrected chi connectivity index (χ4v) is 2.50. The summed E-state index contributed by atoms with van der Waals surface area (Å²) in [6.45, 7) is 2.05. The molecule has 0 saturated heterocycles. The molecule has 0 bridgehead atoms. The highest BCUT2D eigenvalue weighted by Gasteiger charge is 2.11. The number of hydrogen-bond donors (Lipinski definition) is 1. The lowest BCUT2D eigenvalue weighted by Gasteiger charge is -2.15. The fraction of sp³-hybridized carbons (Fsp3) is 0.250. The number of halogens is 3. The summed E-state index contributed by atoms with van der Waals surface area (Å²) in [6.07, 6.45) is 1.61. The molecule has 0 aliphatic heterocycles. The highest BCUT2D eigenvalue weighted by molar-refractivity contribution is 6.35. The maximum absolute atomic E-state index is 6.14. The Hall–Kier alpha value is -0.930. The van der Waals surface area contributed by atoms with Crippen molar-refractivity contribution in [3.05, 3.63) is 57.0 Å². The molecule has 0 amide bonds. The summed E-state index contributed by atoms with van der Waals surface area (Å²) < 4.78 is 5.89. The van der Waals surface area contributed by atoms with Gasteiger partial charge < -0.3 is 10.5 Å². The van der Waals surface area contributed by atoms with Crippen molar-refractivity contribution in [3.8, 4) is 11.5 Å². The van der Waals surface area contributed by atoms with Crippen LogP contribution in [0.1, 0.15) is 18.9 Å². The molecule has 1 atom stereocenters. The first kappa shape index (κ1) is 16.4. The van der Waals surface area contributed by atoms with Gasteiger partial charge in [-0.25, -0.2) is 0 Å². The van der Waals surface area contributed by atoms with Gasteiger partial charge >= 0.3 is 0 Å². The van der Waals surface area contributed by atoms with Crippen LogP contribution in [0.3, 0.4) is 0 Å². The summed E-state index contributed by atoms with van der Waals surface area (Å²) >= 11 is 18.1. The number of hydrogen-bond acceptors (Lipinski definition) is 2. The Bertz CT molecular complexity index is 631. The second-order valence-corrected chi connectivity index (χ2v) is 6.08. The van der Waals surface area contributed by atoms with Gasteiger partial charge in [0.25, 0.3) is 0 Å². The molecule has 5 heteroatoms. The first-order valence-corrected chi connectivity index (χ1v) is 7.80. The summed E-state index contributed by atoms with van der Waals surface area (Å²) in [5.74, 6) is 1.20. The van der Waals surface area contributed by atoms with Gasteiger partial charge in [0, 0.05) is 16.1 Å². The minimum atomic E-state index is 0.0780. The van der Waals surface area contributed by atoms with Crippen LogP contribution in [0.25, 0.3) is 0 Å². The Balaban J connectivity index is 2.31. The average Bonchev–Trinajstić information content (AvgIpc) is 2.44. The van der Waals surface area contributed by atoms with Crippen molar-refractivity contribution in [1.82, 2.24) is 0 Å². The lowest BCUT2D eigenvalue weighted by molar-refractivity contribution is 0.472. The largest absolute Gasteiger partial charge is 0.455 e.